The van der Waals surface area contributed by atoms with Crippen LogP contribution in [0.25, 0.3) is 0 Å². The van der Waals surface area contributed by atoms with Gasteiger partial charge >= 0.3 is 0 Å². The van der Waals surface area contributed by atoms with Gasteiger partial charge in [-0.2, -0.15) is 0 Å². The molecule has 1 heterocycles. The van der Waals surface area contributed by atoms with Crippen molar-refractivity contribution < 1.29 is 14.4 Å². The fourth-order valence-electron chi connectivity index (χ4n) is 1.58. The summed E-state index contributed by atoms with van der Waals surface area (Å²) in [4.78, 5) is 10.3. The van der Waals surface area contributed by atoms with Crippen LogP contribution in [0.3, 0.4) is 0 Å². The van der Waals surface area contributed by atoms with Crippen LogP contribution in [0.15, 0.2) is 18.2 Å². The average molecular weight is 237 g/mol. The van der Waals surface area contributed by atoms with E-state index in [0.29, 0.717) is 12.4 Å². The normalized spacial score (nSPS) is 18.2. The van der Waals surface area contributed by atoms with Gasteiger partial charge in [-0.05, 0) is 12.0 Å². The second kappa shape index (κ2) is 4.71. The summed E-state index contributed by atoms with van der Waals surface area (Å²) in [7, 11) is 0. The number of nitro benzene ring substituents is 1. The monoisotopic (exact) mass is 237 g/mol. The zero-order chi connectivity index (χ0) is 12.4. The van der Waals surface area contributed by atoms with Crippen LogP contribution in [0.4, 0.5) is 5.69 Å². The van der Waals surface area contributed by atoms with E-state index in [2.05, 4.69) is 0 Å². The van der Waals surface area contributed by atoms with Crippen LogP contribution >= 0.6 is 0 Å². The lowest BCUT2D eigenvalue weighted by molar-refractivity contribution is -0.385. The Balaban J connectivity index is 2.20. The molecule has 1 aromatic rings. The third-order valence-electron chi connectivity index (χ3n) is 2.65. The van der Waals surface area contributed by atoms with E-state index in [1.54, 1.807) is 12.1 Å². The maximum atomic E-state index is 10.7. The number of ether oxygens (including phenoxy) is 2. The van der Waals surface area contributed by atoms with Crippen molar-refractivity contribution in [1.82, 2.24) is 0 Å². The first kappa shape index (κ1) is 11.9. The van der Waals surface area contributed by atoms with Gasteiger partial charge in [-0.1, -0.05) is 13.8 Å². The van der Waals surface area contributed by atoms with Crippen molar-refractivity contribution in [2.75, 3.05) is 13.2 Å². The number of benzene rings is 1. The predicted molar refractivity (Wildman–Crippen MR) is 62.4 cm³/mol. The van der Waals surface area contributed by atoms with E-state index in [1.807, 2.05) is 13.8 Å². The molecule has 17 heavy (non-hydrogen) atoms. The summed E-state index contributed by atoms with van der Waals surface area (Å²) in [6.07, 6.45) is 0.185. The number of non-ortho nitro benzene ring substituents is 1. The van der Waals surface area contributed by atoms with E-state index in [0.717, 1.165) is 12.2 Å². The molecule has 0 amide bonds. The lowest BCUT2D eigenvalue weighted by Gasteiger charge is -2.13. The van der Waals surface area contributed by atoms with Gasteiger partial charge in [-0.3, -0.25) is 10.1 Å². The molecule has 0 aliphatic carbocycles. The summed E-state index contributed by atoms with van der Waals surface area (Å²) in [6, 6.07) is 4.71. The number of epoxide rings is 1. The molecule has 5 nitrogen and oxygen atoms in total. The van der Waals surface area contributed by atoms with E-state index >= 15 is 0 Å². The zero-order valence-corrected chi connectivity index (χ0v) is 9.88. The first-order valence-electron chi connectivity index (χ1n) is 5.60. The molecule has 0 bridgehead atoms. The number of nitrogens with zero attached hydrogens (tertiary/aromatic N) is 1. The van der Waals surface area contributed by atoms with Crippen molar-refractivity contribution in [1.29, 1.82) is 0 Å². The predicted octanol–water partition coefficient (Wildman–Crippen LogP) is 2.50. The Morgan fingerprint density at radius 1 is 1.59 bits per heavy atom. The molecule has 1 saturated heterocycles. The first-order chi connectivity index (χ1) is 8.08. The standard InChI is InChI=1S/C12H15NO4/c1-8(2)11-5-9(13(14)15)3-4-12(11)17-7-10-6-16-10/h3-5,8,10H,6-7H2,1-2H3. The minimum Gasteiger partial charge on any atom is -0.490 e. The summed E-state index contributed by atoms with van der Waals surface area (Å²) < 4.78 is 10.7. The molecule has 1 aromatic carbocycles. The molecule has 5 heteroatoms. The van der Waals surface area contributed by atoms with Crippen LogP contribution in [0.1, 0.15) is 25.3 Å². The Morgan fingerprint density at radius 3 is 2.82 bits per heavy atom. The quantitative estimate of drug-likeness (QED) is 0.448. The molecule has 1 aliphatic rings. The molecule has 2 rings (SSSR count). The van der Waals surface area contributed by atoms with Gasteiger partial charge in [0.1, 0.15) is 18.5 Å². The summed E-state index contributed by atoms with van der Waals surface area (Å²) in [5, 5.41) is 10.7. The molecular formula is C12H15NO4. The van der Waals surface area contributed by atoms with Gasteiger partial charge in [0.25, 0.3) is 5.69 Å². The third kappa shape index (κ3) is 2.94. The van der Waals surface area contributed by atoms with E-state index in [1.165, 1.54) is 6.07 Å². The smallest absolute Gasteiger partial charge is 0.269 e. The maximum Gasteiger partial charge on any atom is 0.269 e. The van der Waals surface area contributed by atoms with Gasteiger partial charge in [0.05, 0.1) is 11.5 Å². The summed E-state index contributed by atoms with van der Waals surface area (Å²) in [6.45, 7) is 5.22. The van der Waals surface area contributed by atoms with E-state index in [-0.39, 0.29) is 22.6 Å². The second-order valence-electron chi connectivity index (χ2n) is 4.40. The molecule has 0 radical (unpaired) electrons. The van der Waals surface area contributed by atoms with Gasteiger partial charge < -0.3 is 9.47 Å². The molecule has 0 N–H and O–H groups in total. The van der Waals surface area contributed by atoms with Crippen LogP contribution in [0, 0.1) is 10.1 Å². The number of hydrogen-bond acceptors (Lipinski definition) is 4. The van der Waals surface area contributed by atoms with Gasteiger partial charge in [-0.25, -0.2) is 0 Å². The second-order valence-corrected chi connectivity index (χ2v) is 4.40. The molecule has 0 aromatic heterocycles. The number of nitro groups is 1. The van der Waals surface area contributed by atoms with Gasteiger partial charge in [0.15, 0.2) is 0 Å². The highest BCUT2D eigenvalue weighted by atomic mass is 16.6. The highest BCUT2D eigenvalue weighted by Crippen LogP contribution is 2.30. The van der Waals surface area contributed by atoms with Crippen LogP contribution in [0.5, 0.6) is 5.75 Å². The van der Waals surface area contributed by atoms with Crippen molar-refractivity contribution in [2.24, 2.45) is 0 Å². The van der Waals surface area contributed by atoms with Gasteiger partial charge in [0.2, 0.25) is 0 Å². The fourth-order valence-corrected chi connectivity index (χ4v) is 1.58. The van der Waals surface area contributed by atoms with Crippen LogP contribution < -0.4 is 4.74 Å². The van der Waals surface area contributed by atoms with Crippen molar-refractivity contribution in [2.45, 2.75) is 25.9 Å². The molecule has 1 unspecified atom stereocenters. The summed E-state index contributed by atoms with van der Waals surface area (Å²) in [5.41, 5.74) is 0.962. The van der Waals surface area contributed by atoms with Crippen LogP contribution in [-0.4, -0.2) is 24.2 Å². The SMILES string of the molecule is CC(C)c1cc([N+](=O)[O-])ccc1OCC1CO1. The number of rotatable bonds is 5. The summed E-state index contributed by atoms with van der Waals surface area (Å²) >= 11 is 0. The zero-order valence-electron chi connectivity index (χ0n) is 9.88. The lowest BCUT2D eigenvalue weighted by Crippen LogP contribution is -2.06. The number of hydrogen-bond donors (Lipinski definition) is 0. The van der Waals surface area contributed by atoms with Gasteiger partial charge in [-0.15, -0.1) is 0 Å². The van der Waals surface area contributed by atoms with E-state index in [4.69, 9.17) is 9.47 Å². The summed E-state index contributed by atoms with van der Waals surface area (Å²) in [5.74, 6) is 0.895. The van der Waals surface area contributed by atoms with Crippen molar-refractivity contribution >= 4 is 5.69 Å². The van der Waals surface area contributed by atoms with Gasteiger partial charge in [0, 0.05) is 17.7 Å². The Morgan fingerprint density at radius 2 is 2.29 bits per heavy atom. The highest BCUT2D eigenvalue weighted by Gasteiger charge is 2.24. The van der Waals surface area contributed by atoms with Crippen LogP contribution in [0.2, 0.25) is 0 Å². The first-order valence-corrected chi connectivity index (χ1v) is 5.60. The minimum atomic E-state index is -0.389. The average Bonchev–Trinajstić information content (AvgIpc) is 3.09. The molecule has 1 fully saturated rings. The minimum absolute atomic E-state index is 0.101. The van der Waals surface area contributed by atoms with E-state index < -0.39 is 0 Å². The molecule has 0 spiro atoms. The molecule has 1 aliphatic heterocycles. The molecule has 0 saturated carbocycles. The van der Waals surface area contributed by atoms with Crippen molar-refractivity contribution in [3.63, 3.8) is 0 Å². The van der Waals surface area contributed by atoms with Crippen molar-refractivity contribution in [3.05, 3.63) is 33.9 Å². The fraction of sp³-hybridized carbons (Fsp3) is 0.500. The van der Waals surface area contributed by atoms with Crippen molar-refractivity contribution in [3.8, 4) is 5.75 Å². The lowest BCUT2D eigenvalue weighted by atomic mass is 10.0. The Labute approximate surface area is 99.5 Å². The Hall–Kier alpha value is -1.62. The third-order valence-corrected chi connectivity index (χ3v) is 2.65. The van der Waals surface area contributed by atoms with Crippen LogP contribution in [-0.2, 0) is 4.74 Å². The Bertz CT molecular complexity index is 427. The molecular weight excluding hydrogens is 222 g/mol. The molecule has 1 atom stereocenters. The van der Waals surface area contributed by atoms with E-state index in [9.17, 15) is 10.1 Å². The Kier molecular flexibility index (Phi) is 3.28. The highest BCUT2D eigenvalue weighted by molar-refractivity contribution is 5.45. The largest absolute Gasteiger partial charge is 0.490 e. The topological polar surface area (TPSA) is 64.9 Å². The maximum absolute atomic E-state index is 10.7. The molecule has 92 valence electrons.